The van der Waals surface area contributed by atoms with E-state index >= 15 is 0 Å². The van der Waals surface area contributed by atoms with Crippen LogP contribution in [0.1, 0.15) is 16.8 Å². The van der Waals surface area contributed by atoms with Crippen molar-refractivity contribution >= 4 is 45.1 Å². The van der Waals surface area contributed by atoms with Crippen LogP contribution in [-0.4, -0.2) is 88.1 Å². The summed E-state index contributed by atoms with van der Waals surface area (Å²) in [5.41, 5.74) is 1.04. The van der Waals surface area contributed by atoms with Crippen LogP contribution in [0.15, 0.2) is 58.4 Å². The lowest BCUT2D eigenvalue weighted by atomic mass is 10.1. The molecule has 2 heterocycles. The number of aliphatic carboxylic acids is 1. The van der Waals surface area contributed by atoms with Crippen LogP contribution < -0.4 is 20.3 Å². The van der Waals surface area contributed by atoms with Crippen LogP contribution in [-0.2, 0) is 14.8 Å². The number of rotatable bonds is 8. The molecule has 37 heavy (non-hydrogen) atoms. The van der Waals surface area contributed by atoms with E-state index in [9.17, 15) is 23.1 Å². The Balaban J connectivity index is 1.34. The number of halogens is 1. The van der Waals surface area contributed by atoms with Crippen molar-refractivity contribution in [3.63, 3.8) is 0 Å². The summed E-state index contributed by atoms with van der Waals surface area (Å²) in [4.78, 5) is 33.2. The molecule has 4 N–H and O–H groups in total. The van der Waals surface area contributed by atoms with Crippen molar-refractivity contribution in [3.8, 4) is 0 Å². The Kier molecular flexibility index (Phi) is 8.52. The zero-order chi connectivity index (χ0) is 26.4. The first-order valence-electron chi connectivity index (χ1n) is 11.9. The second-order valence-corrected chi connectivity index (χ2v) is 10.8. The fraction of sp³-hybridized carbons (Fsp3) is 0.375. The summed E-state index contributed by atoms with van der Waals surface area (Å²) < 4.78 is 27.1. The van der Waals surface area contributed by atoms with Crippen LogP contribution in [0.25, 0.3) is 0 Å². The van der Waals surface area contributed by atoms with Crippen molar-refractivity contribution in [1.29, 1.82) is 0 Å². The number of sulfonamides is 1. The lowest BCUT2D eigenvalue weighted by molar-refractivity contribution is -0.138. The largest absolute Gasteiger partial charge is 0.480 e. The van der Waals surface area contributed by atoms with Crippen molar-refractivity contribution in [2.45, 2.75) is 17.4 Å². The highest BCUT2D eigenvalue weighted by Gasteiger charge is 2.27. The van der Waals surface area contributed by atoms with Crippen molar-refractivity contribution < 1.29 is 23.1 Å². The first-order chi connectivity index (χ1) is 17.7. The number of carbonyl (C=O) groups excluding carboxylic acids is 1. The van der Waals surface area contributed by atoms with Crippen molar-refractivity contribution in [3.05, 3.63) is 59.1 Å². The quantitative estimate of drug-likeness (QED) is 0.382. The zero-order valence-corrected chi connectivity index (χ0v) is 21.6. The third-order valence-electron chi connectivity index (χ3n) is 6.13. The van der Waals surface area contributed by atoms with Crippen molar-refractivity contribution in [2.75, 3.05) is 50.7 Å². The summed E-state index contributed by atoms with van der Waals surface area (Å²) in [6.45, 7) is 4.39. The summed E-state index contributed by atoms with van der Waals surface area (Å²) in [7, 11) is -4.08. The molecule has 1 fully saturated rings. The lowest BCUT2D eigenvalue weighted by Gasteiger charge is -2.38. The summed E-state index contributed by atoms with van der Waals surface area (Å²) in [5.74, 6) is -1.04. The van der Waals surface area contributed by atoms with E-state index in [2.05, 4.69) is 30.1 Å². The Morgan fingerprint density at radius 3 is 2.41 bits per heavy atom. The predicted octanol–water partition coefficient (Wildman–Crippen LogP) is 0.973. The van der Waals surface area contributed by atoms with Gasteiger partial charge in [0.25, 0.3) is 5.91 Å². The standard InChI is InChI=1S/C24H29ClN6O5S/c25-19-15-17(7-8-21(19)30-11-13-31(14-12-30)24-26-9-4-10-27-24)22(32)28-16-20(23(33)34)29-37(35,36)18-5-2-1-3-6-18/h1-3,5-8,15,20,29H,4,9-14,16H2,(H,26,27)(H,28,32)(H,33,34)/t20-/m0/s1. The molecule has 198 valence electrons. The van der Waals surface area contributed by atoms with Gasteiger partial charge in [-0.25, -0.2) is 8.42 Å². The number of aliphatic imine (C=N–C) groups is 1. The van der Waals surface area contributed by atoms with E-state index in [1.165, 1.54) is 30.3 Å². The van der Waals surface area contributed by atoms with Gasteiger partial charge < -0.3 is 25.5 Å². The summed E-state index contributed by atoms with van der Waals surface area (Å²) in [5, 5.41) is 15.7. The van der Waals surface area contributed by atoms with Gasteiger partial charge in [0, 0.05) is 51.4 Å². The highest BCUT2D eigenvalue weighted by molar-refractivity contribution is 7.89. The van der Waals surface area contributed by atoms with Gasteiger partial charge >= 0.3 is 5.97 Å². The Labute approximate surface area is 220 Å². The Bertz CT molecular complexity index is 1270. The summed E-state index contributed by atoms with van der Waals surface area (Å²) in [6.07, 6.45) is 1.04. The number of nitrogens with zero attached hydrogens (tertiary/aromatic N) is 3. The molecule has 2 aliphatic heterocycles. The molecule has 13 heteroatoms. The molecule has 2 aliphatic rings. The molecule has 2 aromatic carbocycles. The number of amides is 1. The maximum atomic E-state index is 12.7. The molecular formula is C24H29ClN6O5S. The number of carbonyl (C=O) groups is 2. The topological polar surface area (TPSA) is 143 Å². The molecule has 0 radical (unpaired) electrons. The van der Waals surface area contributed by atoms with Crippen LogP contribution in [0.2, 0.25) is 5.02 Å². The van der Waals surface area contributed by atoms with E-state index in [1.54, 1.807) is 18.2 Å². The highest BCUT2D eigenvalue weighted by Crippen LogP contribution is 2.28. The maximum absolute atomic E-state index is 12.7. The third kappa shape index (κ3) is 6.70. The molecular weight excluding hydrogens is 520 g/mol. The van der Waals surface area contributed by atoms with E-state index in [1.807, 2.05) is 0 Å². The molecule has 1 saturated heterocycles. The Morgan fingerprint density at radius 1 is 1.08 bits per heavy atom. The number of benzene rings is 2. The number of carboxylic acids is 1. The number of nitrogens with one attached hydrogen (secondary N) is 3. The third-order valence-corrected chi connectivity index (χ3v) is 7.92. The molecule has 11 nitrogen and oxygen atoms in total. The lowest BCUT2D eigenvalue weighted by Crippen LogP contribution is -2.53. The molecule has 0 bridgehead atoms. The van der Waals surface area contributed by atoms with Crippen LogP contribution >= 0.6 is 11.6 Å². The fourth-order valence-electron chi connectivity index (χ4n) is 4.13. The number of guanidine groups is 1. The van der Waals surface area contributed by atoms with Gasteiger partial charge in [0.1, 0.15) is 6.04 Å². The highest BCUT2D eigenvalue weighted by atomic mass is 35.5. The van der Waals surface area contributed by atoms with Crippen molar-refractivity contribution in [1.82, 2.24) is 20.3 Å². The van der Waals surface area contributed by atoms with E-state index in [4.69, 9.17) is 11.6 Å². The van der Waals surface area contributed by atoms with Gasteiger partial charge in [-0.05, 0) is 36.8 Å². The SMILES string of the molecule is O=C(NC[C@H](NS(=O)(=O)c1ccccc1)C(=O)O)c1ccc(N2CCN(C3=NCCCN3)CC2)c(Cl)c1. The smallest absolute Gasteiger partial charge is 0.323 e. The molecule has 0 spiro atoms. The van der Waals surface area contributed by atoms with Gasteiger partial charge in [0.15, 0.2) is 5.96 Å². The molecule has 0 aromatic heterocycles. The fourth-order valence-corrected chi connectivity index (χ4v) is 5.64. The second kappa shape index (κ2) is 11.8. The number of hydrogen-bond donors (Lipinski definition) is 4. The minimum atomic E-state index is -4.08. The minimum Gasteiger partial charge on any atom is -0.480 e. The number of piperazine rings is 1. The number of hydrogen-bond acceptors (Lipinski definition) is 8. The van der Waals surface area contributed by atoms with E-state index < -0.39 is 34.5 Å². The average molecular weight is 549 g/mol. The van der Waals surface area contributed by atoms with Crippen molar-refractivity contribution in [2.24, 2.45) is 4.99 Å². The monoisotopic (exact) mass is 548 g/mol. The second-order valence-electron chi connectivity index (χ2n) is 8.66. The first kappa shape index (κ1) is 26.7. The Hall–Kier alpha value is -3.35. The van der Waals surface area contributed by atoms with Gasteiger partial charge in [0.05, 0.1) is 15.6 Å². The van der Waals surface area contributed by atoms with Gasteiger partial charge in [-0.2, -0.15) is 4.72 Å². The predicted molar refractivity (Wildman–Crippen MR) is 141 cm³/mol. The average Bonchev–Trinajstić information content (AvgIpc) is 2.91. The Morgan fingerprint density at radius 2 is 1.78 bits per heavy atom. The molecule has 1 atom stereocenters. The van der Waals surface area contributed by atoms with Gasteiger partial charge in [-0.3, -0.25) is 14.6 Å². The van der Waals surface area contributed by atoms with E-state index in [0.29, 0.717) is 5.02 Å². The van der Waals surface area contributed by atoms with E-state index in [-0.39, 0.29) is 10.5 Å². The molecule has 0 unspecified atom stereocenters. The van der Waals surface area contributed by atoms with Gasteiger partial charge in [0.2, 0.25) is 10.0 Å². The molecule has 4 rings (SSSR count). The number of carboxylic acid groups (broad SMARTS) is 1. The maximum Gasteiger partial charge on any atom is 0.323 e. The van der Waals surface area contributed by atoms with Crippen LogP contribution in [0.4, 0.5) is 5.69 Å². The van der Waals surface area contributed by atoms with Gasteiger partial charge in [-0.15, -0.1) is 0 Å². The first-order valence-corrected chi connectivity index (χ1v) is 13.8. The summed E-state index contributed by atoms with van der Waals surface area (Å²) >= 11 is 6.50. The zero-order valence-electron chi connectivity index (χ0n) is 20.1. The molecule has 0 saturated carbocycles. The normalized spacial score (nSPS) is 16.9. The molecule has 1 amide bonds. The van der Waals surface area contributed by atoms with Crippen LogP contribution in [0.5, 0.6) is 0 Å². The van der Waals surface area contributed by atoms with Gasteiger partial charge in [-0.1, -0.05) is 29.8 Å². The van der Waals surface area contributed by atoms with Crippen LogP contribution in [0, 0.1) is 0 Å². The molecule has 0 aliphatic carbocycles. The van der Waals surface area contributed by atoms with Crippen LogP contribution in [0.3, 0.4) is 0 Å². The minimum absolute atomic E-state index is 0.0706. The number of anilines is 1. The summed E-state index contributed by atoms with van der Waals surface area (Å²) in [6, 6.07) is 10.8. The van der Waals surface area contributed by atoms with E-state index in [0.717, 1.165) is 57.3 Å². The molecule has 2 aromatic rings.